The third-order valence-electron chi connectivity index (χ3n) is 3.66. The molecule has 0 aromatic carbocycles. The molecule has 1 aromatic rings. The Morgan fingerprint density at radius 3 is 2.33 bits per heavy atom. The van der Waals surface area contributed by atoms with Crippen LogP contribution in [0.5, 0.6) is 0 Å². The lowest BCUT2D eigenvalue weighted by Gasteiger charge is -2.40. The van der Waals surface area contributed by atoms with E-state index < -0.39 is 0 Å². The molecule has 0 spiro atoms. The molecule has 0 amide bonds. The smallest absolute Gasteiger partial charge is 0.0565 e. The molecule has 1 aliphatic rings. The van der Waals surface area contributed by atoms with Gasteiger partial charge in [0.25, 0.3) is 0 Å². The Bertz CT molecular complexity index is 372. The number of hydrogen-bond donors (Lipinski definition) is 1. The molecule has 0 saturated carbocycles. The fourth-order valence-electron chi connectivity index (χ4n) is 2.51. The summed E-state index contributed by atoms with van der Waals surface area (Å²) in [5, 5.41) is 2.82. The van der Waals surface area contributed by atoms with Gasteiger partial charge in [0.05, 0.1) is 11.1 Å². The monoisotopic (exact) mass is 287 g/mol. The van der Waals surface area contributed by atoms with Gasteiger partial charge < -0.3 is 5.73 Å². The highest BCUT2D eigenvalue weighted by atomic mass is 35.5. The highest BCUT2D eigenvalue weighted by molar-refractivity contribution is 7.10. The van der Waals surface area contributed by atoms with Crippen molar-refractivity contribution in [2.24, 2.45) is 5.73 Å². The van der Waals surface area contributed by atoms with Crippen molar-refractivity contribution in [3.8, 4) is 0 Å². The summed E-state index contributed by atoms with van der Waals surface area (Å²) in [6, 6.07) is 3.02. The zero-order valence-electron chi connectivity index (χ0n) is 11.1. The predicted molar refractivity (Wildman–Crippen MR) is 79.4 cm³/mol. The summed E-state index contributed by atoms with van der Waals surface area (Å²) in [5.41, 5.74) is 5.95. The van der Waals surface area contributed by atoms with Gasteiger partial charge in [-0.05, 0) is 19.9 Å². The topological polar surface area (TPSA) is 32.5 Å². The highest BCUT2D eigenvalue weighted by Gasteiger charge is 2.25. The first-order valence-corrected chi connectivity index (χ1v) is 7.79. The minimum atomic E-state index is 0.330. The molecule has 1 aliphatic heterocycles. The Hall–Kier alpha value is -0.130. The molecule has 5 heteroatoms. The average molecular weight is 288 g/mol. The van der Waals surface area contributed by atoms with Crippen LogP contribution < -0.4 is 5.73 Å². The summed E-state index contributed by atoms with van der Waals surface area (Å²) in [5.74, 6) is 0. The molecule has 1 atom stereocenters. The summed E-state index contributed by atoms with van der Waals surface area (Å²) in [6.07, 6.45) is 0. The van der Waals surface area contributed by atoms with Crippen molar-refractivity contribution in [3.63, 3.8) is 0 Å². The van der Waals surface area contributed by atoms with E-state index in [-0.39, 0.29) is 0 Å². The van der Waals surface area contributed by atoms with E-state index in [1.54, 1.807) is 11.3 Å². The lowest BCUT2D eigenvalue weighted by atomic mass is 10.1. The predicted octanol–water partition coefficient (Wildman–Crippen LogP) is 2.43. The third kappa shape index (κ3) is 3.25. The quantitative estimate of drug-likeness (QED) is 0.923. The van der Waals surface area contributed by atoms with Gasteiger partial charge in [-0.2, -0.15) is 0 Å². The molecule has 1 fully saturated rings. The van der Waals surface area contributed by atoms with Gasteiger partial charge in [0.2, 0.25) is 0 Å². The van der Waals surface area contributed by atoms with E-state index in [1.165, 1.54) is 4.88 Å². The van der Waals surface area contributed by atoms with Crippen LogP contribution in [0.25, 0.3) is 0 Å². The molecule has 1 aromatic heterocycles. The van der Waals surface area contributed by atoms with Crippen LogP contribution in [0.4, 0.5) is 0 Å². The van der Waals surface area contributed by atoms with Crippen LogP contribution in [0.1, 0.15) is 24.8 Å². The van der Waals surface area contributed by atoms with Gasteiger partial charge >= 0.3 is 0 Å². The highest BCUT2D eigenvalue weighted by Crippen LogP contribution is 2.29. The fourth-order valence-corrected chi connectivity index (χ4v) is 3.74. The van der Waals surface area contributed by atoms with E-state index >= 15 is 0 Å². The molecule has 2 rings (SSSR count). The molecule has 0 aliphatic carbocycles. The minimum absolute atomic E-state index is 0.330. The SMILES string of the molecule is CC(C)N1CCN(C(CN)c2cc(Cl)cs2)CC1. The van der Waals surface area contributed by atoms with Crippen LogP contribution in [-0.4, -0.2) is 48.6 Å². The lowest BCUT2D eigenvalue weighted by molar-refractivity contribution is 0.0813. The summed E-state index contributed by atoms with van der Waals surface area (Å²) in [4.78, 5) is 6.30. The van der Waals surface area contributed by atoms with Crippen molar-refractivity contribution in [1.82, 2.24) is 9.80 Å². The molecule has 18 heavy (non-hydrogen) atoms. The second-order valence-corrected chi connectivity index (χ2v) is 6.46. The molecule has 1 unspecified atom stereocenters. The molecule has 0 radical (unpaired) electrons. The van der Waals surface area contributed by atoms with Crippen LogP contribution >= 0.6 is 22.9 Å². The second-order valence-electron chi connectivity index (χ2n) is 5.08. The van der Waals surface area contributed by atoms with E-state index in [9.17, 15) is 0 Å². The summed E-state index contributed by atoms with van der Waals surface area (Å²) in [6.45, 7) is 9.63. The zero-order chi connectivity index (χ0) is 13.1. The van der Waals surface area contributed by atoms with Crippen LogP contribution in [0.3, 0.4) is 0 Å². The molecule has 2 heterocycles. The van der Waals surface area contributed by atoms with Crippen molar-refractivity contribution >= 4 is 22.9 Å². The first kappa shape index (κ1) is 14.3. The van der Waals surface area contributed by atoms with Crippen molar-refractivity contribution in [2.75, 3.05) is 32.7 Å². The van der Waals surface area contributed by atoms with E-state index in [2.05, 4.69) is 29.7 Å². The molecule has 3 nitrogen and oxygen atoms in total. The lowest BCUT2D eigenvalue weighted by Crippen LogP contribution is -2.50. The van der Waals surface area contributed by atoms with Crippen LogP contribution in [0.15, 0.2) is 11.4 Å². The minimum Gasteiger partial charge on any atom is -0.329 e. The van der Waals surface area contributed by atoms with Crippen molar-refractivity contribution in [2.45, 2.75) is 25.9 Å². The van der Waals surface area contributed by atoms with Crippen molar-refractivity contribution in [3.05, 3.63) is 21.3 Å². The molecule has 2 N–H and O–H groups in total. The largest absolute Gasteiger partial charge is 0.329 e. The van der Waals surface area contributed by atoms with Gasteiger partial charge in [-0.3, -0.25) is 9.80 Å². The second kappa shape index (κ2) is 6.35. The van der Waals surface area contributed by atoms with Gasteiger partial charge in [-0.25, -0.2) is 0 Å². The molecule has 0 bridgehead atoms. The van der Waals surface area contributed by atoms with E-state index in [0.29, 0.717) is 18.6 Å². The summed E-state index contributed by atoms with van der Waals surface area (Å²) in [7, 11) is 0. The number of rotatable bonds is 4. The Morgan fingerprint density at radius 2 is 1.89 bits per heavy atom. The Labute approximate surface area is 119 Å². The third-order valence-corrected chi connectivity index (χ3v) is 5.04. The zero-order valence-corrected chi connectivity index (χ0v) is 12.7. The Morgan fingerprint density at radius 1 is 1.28 bits per heavy atom. The van der Waals surface area contributed by atoms with E-state index in [1.807, 2.05) is 5.38 Å². The molecule has 1 saturated heterocycles. The van der Waals surface area contributed by atoms with E-state index in [0.717, 1.165) is 31.2 Å². The number of nitrogens with zero attached hydrogens (tertiary/aromatic N) is 2. The van der Waals surface area contributed by atoms with Crippen LogP contribution in [0.2, 0.25) is 5.02 Å². The number of halogens is 1. The number of hydrogen-bond acceptors (Lipinski definition) is 4. The molecular formula is C13H22ClN3S. The van der Waals surface area contributed by atoms with Crippen molar-refractivity contribution in [1.29, 1.82) is 0 Å². The molecular weight excluding hydrogens is 266 g/mol. The van der Waals surface area contributed by atoms with Crippen LogP contribution in [0, 0.1) is 0 Å². The Kier molecular flexibility index (Phi) is 5.04. The van der Waals surface area contributed by atoms with Crippen LogP contribution in [-0.2, 0) is 0 Å². The van der Waals surface area contributed by atoms with Gasteiger partial charge in [-0.1, -0.05) is 11.6 Å². The fraction of sp³-hybridized carbons (Fsp3) is 0.692. The van der Waals surface area contributed by atoms with Gasteiger partial charge in [-0.15, -0.1) is 11.3 Å². The van der Waals surface area contributed by atoms with E-state index in [4.69, 9.17) is 17.3 Å². The normalized spacial score (nSPS) is 20.5. The van der Waals surface area contributed by atoms with Gasteiger partial charge in [0, 0.05) is 49.0 Å². The van der Waals surface area contributed by atoms with Gasteiger partial charge in [0.1, 0.15) is 0 Å². The summed E-state index contributed by atoms with van der Waals surface area (Å²) >= 11 is 7.72. The maximum atomic E-state index is 6.01. The Balaban J connectivity index is 1.98. The van der Waals surface area contributed by atoms with Crippen molar-refractivity contribution < 1.29 is 0 Å². The first-order chi connectivity index (χ1) is 8.61. The van der Waals surface area contributed by atoms with Gasteiger partial charge in [0.15, 0.2) is 0 Å². The maximum Gasteiger partial charge on any atom is 0.0565 e. The number of thiophene rings is 1. The summed E-state index contributed by atoms with van der Waals surface area (Å²) < 4.78 is 0. The molecule has 102 valence electrons. The standard InChI is InChI=1S/C13H22ClN3S/c1-10(2)16-3-5-17(6-4-16)12(8-15)13-7-11(14)9-18-13/h7,9-10,12H,3-6,8,15H2,1-2H3. The number of piperazine rings is 1. The average Bonchev–Trinajstić information content (AvgIpc) is 2.77. The number of nitrogens with two attached hydrogens (primary N) is 1. The maximum absolute atomic E-state index is 6.01. The first-order valence-electron chi connectivity index (χ1n) is 6.54.